The molecule has 25 heavy (non-hydrogen) atoms. The predicted molar refractivity (Wildman–Crippen MR) is 87.5 cm³/mol. The van der Waals surface area contributed by atoms with Crippen molar-refractivity contribution in [3.8, 4) is 12.1 Å². The number of nitriles is 2. The molecule has 0 unspecified atom stereocenters. The Labute approximate surface area is 148 Å². The summed E-state index contributed by atoms with van der Waals surface area (Å²) in [6, 6.07) is 3.83. The fourth-order valence-electron chi connectivity index (χ4n) is 2.76. The lowest BCUT2D eigenvalue weighted by atomic mass is 10.2. The van der Waals surface area contributed by atoms with Crippen molar-refractivity contribution in [2.75, 3.05) is 18.0 Å². The number of pyridine rings is 1. The van der Waals surface area contributed by atoms with E-state index in [-0.39, 0.29) is 24.3 Å². The number of hydrogen-bond donors (Lipinski definition) is 1. The lowest BCUT2D eigenvalue weighted by molar-refractivity contribution is -0.122. The van der Waals surface area contributed by atoms with Gasteiger partial charge in [-0.15, -0.1) is 5.10 Å². The summed E-state index contributed by atoms with van der Waals surface area (Å²) in [5.74, 6) is -0.196. The smallest absolute Gasteiger partial charge is 0.252 e. The normalized spacial score (nSPS) is 16.3. The molecule has 1 aliphatic heterocycles. The van der Waals surface area contributed by atoms with E-state index in [0.717, 1.165) is 6.42 Å². The van der Waals surface area contributed by atoms with Gasteiger partial charge in [-0.05, 0) is 6.42 Å². The number of anilines is 1. The molecule has 1 atom stereocenters. The molecule has 0 aliphatic carbocycles. The molecule has 10 heteroatoms. The maximum atomic E-state index is 12.1. The molecule has 3 heterocycles. The molecule has 1 saturated heterocycles. The lowest BCUT2D eigenvalue weighted by Crippen LogP contribution is -2.39. The van der Waals surface area contributed by atoms with Crippen LogP contribution in [0.3, 0.4) is 0 Å². The Morgan fingerprint density at radius 2 is 2.24 bits per heavy atom. The van der Waals surface area contributed by atoms with Gasteiger partial charge in [-0.25, -0.2) is 9.67 Å². The maximum Gasteiger partial charge on any atom is 0.252 e. The minimum absolute atomic E-state index is 0.00929. The molecule has 0 radical (unpaired) electrons. The molecule has 126 valence electrons. The molecule has 1 aliphatic rings. The third-order valence-electron chi connectivity index (χ3n) is 3.80. The number of aromatic nitrogens is 4. The number of nitrogens with zero attached hydrogens (tertiary/aromatic N) is 7. The standard InChI is InChI=1S/C15H13ClN8O/c16-12-6-19-5-10(3-17)15(12)23-2-1-11(7-23)21-14(25)8-24-9-20-13(4-18)22-24/h5-6,9,11H,1-2,7-8H2,(H,21,25)/t11-/m0/s1. The van der Waals surface area contributed by atoms with Crippen molar-refractivity contribution in [2.45, 2.75) is 19.0 Å². The van der Waals surface area contributed by atoms with Crippen LogP contribution in [0.25, 0.3) is 0 Å². The van der Waals surface area contributed by atoms with Crippen LogP contribution in [0.2, 0.25) is 5.02 Å². The molecule has 2 aromatic rings. The van der Waals surface area contributed by atoms with Crippen LogP contribution in [-0.2, 0) is 11.3 Å². The number of carbonyl (C=O) groups excluding carboxylic acids is 1. The zero-order chi connectivity index (χ0) is 17.8. The van der Waals surface area contributed by atoms with E-state index in [9.17, 15) is 10.1 Å². The molecule has 2 aromatic heterocycles. The average Bonchev–Trinajstić information content (AvgIpc) is 3.23. The summed E-state index contributed by atoms with van der Waals surface area (Å²) >= 11 is 6.18. The summed E-state index contributed by atoms with van der Waals surface area (Å²) in [4.78, 5) is 21.8. The molecule has 0 bridgehead atoms. The van der Waals surface area contributed by atoms with E-state index in [1.807, 2.05) is 11.0 Å². The van der Waals surface area contributed by atoms with Crippen LogP contribution in [0.1, 0.15) is 17.8 Å². The Balaban J connectivity index is 1.61. The molecule has 1 amide bonds. The maximum absolute atomic E-state index is 12.1. The van der Waals surface area contributed by atoms with Crippen molar-refractivity contribution in [2.24, 2.45) is 0 Å². The Kier molecular flexibility index (Phi) is 4.78. The first-order valence-corrected chi connectivity index (χ1v) is 7.86. The van der Waals surface area contributed by atoms with E-state index in [1.165, 1.54) is 23.4 Å². The van der Waals surface area contributed by atoms with Gasteiger partial charge in [-0.2, -0.15) is 10.5 Å². The molecule has 1 N–H and O–H groups in total. The molecular formula is C15H13ClN8O. The summed E-state index contributed by atoms with van der Waals surface area (Å²) in [7, 11) is 0. The van der Waals surface area contributed by atoms with E-state index < -0.39 is 0 Å². The second-order valence-corrected chi connectivity index (χ2v) is 5.91. The van der Waals surface area contributed by atoms with Gasteiger partial charge >= 0.3 is 0 Å². The zero-order valence-electron chi connectivity index (χ0n) is 13.1. The van der Waals surface area contributed by atoms with Crippen LogP contribution in [0.4, 0.5) is 5.69 Å². The fraction of sp³-hybridized carbons (Fsp3) is 0.333. The minimum Gasteiger partial charge on any atom is -0.367 e. The summed E-state index contributed by atoms with van der Waals surface area (Å²) in [6.07, 6.45) is 5.05. The third kappa shape index (κ3) is 3.67. The quantitative estimate of drug-likeness (QED) is 0.844. The number of nitrogens with one attached hydrogen (secondary N) is 1. The van der Waals surface area contributed by atoms with Gasteiger partial charge in [0.2, 0.25) is 5.91 Å². The number of hydrogen-bond acceptors (Lipinski definition) is 7. The van der Waals surface area contributed by atoms with Crippen molar-refractivity contribution in [1.82, 2.24) is 25.1 Å². The lowest BCUT2D eigenvalue weighted by Gasteiger charge is -2.21. The van der Waals surface area contributed by atoms with Gasteiger partial charge in [0.15, 0.2) is 0 Å². The summed E-state index contributed by atoms with van der Waals surface area (Å²) in [6.45, 7) is 1.21. The highest BCUT2D eigenvalue weighted by Gasteiger charge is 2.27. The van der Waals surface area contributed by atoms with Crippen LogP contribution >= 0.6 is 11.6 Å². The van der Waals surface area contributed by atoms with Gasteiger partial charge in [0.25, 0.3) is 5.82 Å². The van der Waals surface area contributed by atoms with E-state index >= 15 is 0 Å². The molecular weight excluding hydrogens is 344 g/mol. The zero-order valence-corrected chi connectivity index (χ0v) is 13.8. The second kappa shape index (κ2) is 7.16. The van der Waals surface area contributed by atoms with Crippen LogP contribution in [-0.4, -0.2) is 44.8 Å². The minimum atomic E-state index is -0.220. The Bertz CT molecular complexity index is 880. The number of amides is 1. The van der Waals surface area contributed by atoms with E-state index in [0.29, 0.717) is 29.4 Å². The Hall–Kier alpha value is -3.17. The SMILES string of the molecule is N#Cc1ncn(CC(=O)N[C@H]2CCN(c3c(Cl)cncc3C#N)C2)n1. The van der Waals surface area contributed by atoms with Crippen molar-refractivity contribution >= 4 is 23.2 Å². The van der Waals surface area contributed by atoms with Gasteiger partial charge in [0.05, 0.1) is 16.3 Å². The molecule has 1 fully saturated rings. The highest BCUT2D eigenvalue weighted by atomic mass is 35.5. The van der Waals surface area contributed by atoms with Crippen LogP contribution in [0.5, 0.6) is 0 Å². The first-order chi connectivity index (χ1) is 12.1. The first-order valence-electron chi connectivity index (χ1n) is 7.48. The number of rotatable bonds is 4. The molecule has 0 saturated carbocycles. The molecule has 0 spiro atoms. The van der Waals surface area contributed by atoms with Crippen LogP contribution in [0, 0.1) is 22.7 Å². The van der Waals surface area contributed by atoms with Crippen LogP contribution in [0.15, 0.2) is 18.7 Å². The number of carbonyl (C=O) groups is 1. The molecule has 9 nitrogen and oxygen atoms in total. The highest BCUT2D eigenvalue weighted by Crippen LogP contribution is 2.31. The van der Waals surface area contributed by atoms with Gasteiger partial charge in [-0.1, -0.05) is 11.6 Å². The average molecular weight is 357 g/mol. The Morgan fingerprint density at radius 3 is 2.96 bits per heavy atom. The van der Waals surface area contributed by atoms with Crippen molar-refractivity contribution in [3.05, 3.63) is 35.1 Å². The predicted octanol–water partition coefficient (Wildman–Crippen LogP) is 0.465. The van der Waals surface area contributed by atoms with Gasteiger partial charge < -0.3 is 10.2 Å². The van der Waals surface area contributed by atoms with E-state index in [2.05, 4.69) is 26.5 Å². The highest BCUT2D eigenvalue weighted by molar-refractivity contribution is 6.33. The third-order valence-corrected chi connectivity index (χ3v) is 4.08. The molecule has 0 aromatic carbocycles. The van der Waals surface area contributed by atoms with Gasteiger partial charge in [-0.3, -0.25) is 9.78 Å². The monoisotopic (exact) mass is 356 g/mol. The second-order valence-electron chi connectivity index (χ2n) is 5.51. The van der Waals surface area contributed by atoms with Crippen LogP contribution < -0.4 is 10.2 Å². The fourth-order valence-corrected chi connectivity index (χ4v) is 3.03. The summed E-state index contributed by atoms with van der Waals surface area (Å²) in [5.41, 5.74) is 1.05. The van der Waals surface area contributed by atoms with Crippen molar-refractivity contribution in [3.63, 3.8) is 0 Å². The van der Waals surface area contributed by atoms with Crippen molar-refractivity contribution in [1.29, 1.82) is 10.5 Å². The molecule has 3 rings (SSSR count). The van der Waals surface area contributed by atoms with Crippen molar-refractivity contribution < 1.29 is 4.79 Å². The first kappa shape index (κ1) is 16.7. The number of halogens is 1. The van der Waals surface area contributed by atoms with Gasteiger partial charge in [0, 0.05) is 31.5 Å². The van der Waals surface area contributed by atoms with E-state index in [1.54, 1.807) is 0 Å². The largest absolute Gasteiger partial charge is 0.367 e. The van der Waals surface area contributed by atoms with E-state index in [4.69, 9.17) is 16.9 Å². The van der Waals surface area contributed by atoms with Gasteiger partial charge in [0.1, 0.15) is 25.0 Å². The summed E-state index contributed by atoms with van der Waals surface area (Å²) in [5, 5.41) is 25.1. The topological polar surface area (TPSA) is 124 Å². The Morgan fingerprint density at radius 1 is 1.40 bits per heavy atom. The summed E-state index contributed by atoms with van der Waals surface area (Å²) < 4.78 is 1.31.